The Labute approximate surface area is 87.5 Å². The van der Waals surface area contributed by atoms with Crippen molar-refractivity contribution in [3.8, 4) is 6.07 Å². The molecule has 15 heavy (non-hydrogen) atoms. The number of aryl methyl sites for hydroxylation is 1. The van der Waals surface area contributed by atoms with Crippen LogP contribution in [0.2, 0.25) is 0 Å². The number of hydrogen-bond acceptors (Lipinski definition) is 2. The van der Waals surface area contributed by atoms with Crippen molar-refractivity contribution in [3.05, 3.63) is 29.3 Å². The first-order valence-electron chi connectivity index (χ1n) is 4.70. The van der Waals surface area contributed by atoms with Crippen LogP contribution < -0.4 is 5.32 Å². The van der Waals surface area contributed by atoms with Gasteiger partial charge in [-0.25, -0.2) is 8.78 Å². The SMILES string of the molecule is CCC(C#N)Nc1cc(F)c(C)cc1F. The van der Waals surface area contributed by atoms with E-state index in [1.165, 1.54) is 6.92 Å². The van der Waals surface area contributed by atoms with Crippen LogP contribution in [0.5, 0.6) is 0 Å². The van der Waals surface area contributed by atoms with Crippen molar-refractivity contribution in [2.45, 2.75) is 26.3 Å². The number of hydrogen-bond donors (Lipinski definition) is 1. The van der Waals surface area contributed by atoms with Crippen LogP contribution in [0.4, 0.5) is 14.5 Å². The van der Waals surface area contributed by atoms with E-state index < -0.39 is 17.7 Å². The van der Waals surface area contributed by atoms with Crippen molar-refractivity contribution < 1.29 is 8.78 Å². The van der Waals surface area contributed by atoms with Gasteiger partial charge in [0.05, 0.1) is 11.8 Å². The standard InChI is InChI=1S/C11H12F2N2/c1-3-8(6-14)15-11-5-9(12)7(2)4-10(11)13/h4-5,8,15H,3H2,1-2H3. The molecule has 0 radical (unpaired) electrons. The Kier molecular flexibility index (Phi) is 3.62. The maximum Gasteiger partial charge on any atom is 0.146 e. The number of halogens is 2. The normalized spacial score (nSPS) is 11.9. The maximum absolute atomic E-state index is 13.3. The quantitative estimate of drug-likeness (QED) is 0.832. The predicted molar refractivity (Wildman–Crippen MR) is 54.4 cm³/mol. The number of benzene rings is 1. The van der Waals surface area contributed by atoms with Gasteiger partial charge in [-0.3, -0.25) is 0 Å². The summed E-state index contributed by atoms with van der Waals surface area (Å²) in [6, 6.07) is 3.65. The Morgan fingerprint density at radius 3 is 2.60 bits per heavy atom. The molecule has 0 aliphatic rings. The molecule has 0 aliphatic heterocycles. The van der Waals surface area contributed by atoms with Crippen LogP contribution in [0.1, 0.15) is 18.9 Å². The summed E-state index contributed by atoms with van der Waals surface area (Å²) in [5.74, 6) is -1.02. The van der Waals surface area contributed by atoms with Gasteiger partial charge in [0.15, 0.2) is 0 Å². The van der Waals surface area contributed by atoms with Crippen LogP contribution in [-0.4, -0.2) is 6.04 Å². The van der Waals surface area contributed by atoms with Crippen LogP contribution in [0.15, 0.2) is 12.1 Å². The summed E-state index contributed by atoms with van der Waals surface area (Å²) < 4.78 is 26.5. The lowest BCUT2D eigenvalue weighted by molar-refractivity contribution is 0.593. The van der Waals surface area contributed by atoms with Crippen LogP contribution in [0, 0.1) is 29.9 Å². The van der Waals surface area contributed by atoms with Crippen molar-refractivity contribution in [1.29, 1.82) is 5.26 Å². The average Bonchev–Trinajstić information content (AvgIpc) is 2.21. The smallest absolute Gasteiger partial charge is 0.146 e. The van der Waals surface area contributed by atoms with E-state index in [9.17, 15) is 8.78 Å². The molecule has 1 atom stereocenters. The molecule has 80 valence electrons. The first-order valence-corrected chi connectivity index (χ1v) is 4.70. The summed E-state index contributed by atoms with van der Waals surface area (Å²) in [6.45, 7) is 3.28. The van der Waals surface area contributed by atoms with E-state index in [0.29, 0.717) is 6.42 Å². The zero-order chi connectivity index (χ0) is 11.4. The van der Waals surface area contributed by atoms with Gasteiger partial charge in [0.25, 0.3) is 0 Å². The van der Waals surface area contributed by atoms with E-state index in [2.05, 4.69) is 5.32 Å². The highest BCUT2D eigenvalue weighted by Crippen LogP contribution is 2.19. The Balaban J connectivity index is 2.96. The lowest BCUT2D eigenvalue weighted by atomic mass is 10.1. The summed E-state index contributed by atoms with van der Waals surface area (Å²) >= 11 is 0. The van der Waals surface area contributed by atoms with E-state index in [1.807, 2.05) is 6.07 Å². The highest BCUT2D eigenvalue weighted by Gasteiger charge is 2.10. The molecule has 0 bridgehead atoms. The van der Waals surface area contributed by atoms with E-state index in [-0.39, 0.29) is 11.3 Å². The third kappa shape index (κ3) is 2.66. The third-order valence-corrected chi connectivity index (χ3v) is 2.14. The minimum Gasteiger partial charge on any atom is -0.367 e. The molecule has 1 N–H and O–H groups in total. The van der Waals surface area contributed by atoms with Gasteiger partial charge in [0.2, 0.25) is 0 Å². The van der Waals surface area contributed by atoms with Crippen LogP contribution in [0.3, 0.4) is 0 Å². The molecule has 0 amide bonds. The van der Waals surface area contributed by atoms with E-state index >= 15 is 0 Å². The first kappa shape index (κ1) is 11.4. The van der Waals surface area contributed by atoms with Crippen molar-refractivity contribution in [2.75, 3.05) is 5.32 Å². The Morgan fingerprint density at radius 1 is 1.40 bits per heavy atom. The summed E-state index contributed by atoms with van der Waals surface area (Å²) in [5, 5.41) is 11.3. The molecule has 0 heterocycles. The van der Waals surface area contributed by atoms with Crippen molar-refractivity contribution >= 4 is 5.69 Å². The Hall–Kier alpha value is -1.63. The minimum atomic E-state index is -0.539. The molecule has 0 aliphatic carbocycles. The lowest BCUT2D eigenvalue weighted by Gasteiger charge is -2.12. The van der Waals surface area contributed by atoms with Gasteiger partial charge in [-0.15, -0.1) is 0 Å². The molecule has 0 saturated heterocycles. The molecular weight excluding hydrogens is 198 g/mol. The van der Waals surface area contributed by atoms with Crippen molar-refractivity contribution in [3.63, 3.8) is 0 Å². The van der Waals surface area contributed by atoms with Crippen LogP contribution in [-0.2, 0) is 0 Å². The third-order valence-electron chi connectivity index (χ3n) is 2.14. The number of nitrogens with one attached hydrogen (secondary N) is 1. The molecule has 0 saturated carbocycles. The molecule has 4 heteroatoms. The average molecular weight is 210 g/mol. The number of rotatable bonds is 3. The lowest BCUT2D eigenvalue weighted by Crippen LogP contribution is -2.16. The highest BCUT2D eigenvalue weighted by atomic mass is 19.1. The Morgan fingerprint density at radius 2 is 2.07 bits per heavy atom. The predicted octanol–water partition coefficient (Wildman–Crippen LogP) is 2.99. The zero-order valence-corrected chi connectivity index (χ0v) is 8.64. The summed E-state index contributed by atoms with van der Waals surface area (Å²) in [7, 11) is 0. The zero-order valence-electron chi connectivity index (χ0n) is 8.64. The van der Waals surface area contributed by atoms with E-state index in [0.717, 1.165) is 12.1 Å². The second-order valence-electron chi connectivity index (χ2n) is 3.32. The van der Waals surface area contributed by atoms with Gasteiger partial charge in [-0.2, -0.15) is 5.26 Å². The van der Waals surface area contributed by atoms with Gasteiger partial charge < -0.3 is 5.32 Å². The monoisotopic (exact) mass is 210 g/mol. The summed E-state index contributed by atoms with van der Waals surface area (Å²) in [5.41, 5.74) is 0.287. The van der Waals surface area contributed by atoms with Gasteiger partial charge in [0.1, 0.15) is 17.7 Å². The second kappa shape index (κ2) is 4.74. The van der Waals surface area contributed by atoms with Gasteiger partial charge in [0, 0.05) is 6.07 Å². The maximum atomic E-state index is 13.3. The Bertz CT molecular complexity index is 396. The van der Waals surface area contributed by atoms with Crippen LogP contribution >= 0.6 is 0 Å². The molecule has 0 spiro atoms. The fraction of sp³-hybridized carbons (Fsp3) is 0.364. The van der Waals surface area contributed by atoms with Gasteiger partial charge >= 0.3 is 0 Å². The van der Waals surface area contributed by atoms with Crippen molar-refractivity contribution in [1.82, 2.24) is 0 Å². The molecule has 1 aromatic carbocycles. The van der Waals surface area contributed by atoms with Crippen molar-refractivity contribution in [2.24, 2.45) is 0 Å². The van der Waals surface area contributed by atoms with Gasteiger partial charge in [-0.05, 0) is 25.0 Å². The highest BCUT2D eigenvalue weighted by molar-refractivity contribution is 5.48. The molecule has 1 unspecified atom stereocenters. The fourth-order valence-electron chi connectivity index (χ4n) is 1.17. The number of nitrogens with zero attached hydrogens (tertiary/aromatic N) is 1. The van der Waals surface area contributed by atoms with E-state index in [4.69, 9.17) is 5.26 Å². The van der Waals surface area contributed by atoms with Crippen LogP contribution in [0.25, 0.3) is 0 Å². The minimum absolute atomic E-state index is 0.0338. The molecule has 2 nitrogen and oxygen atoms in total. The summed E-state index contributed by atoms with van der Waals surface area (Å²) in [4.78, 5) is 0. The molecule has 0 aromatic heterocycles. The molecule has 1 aromatic rings. The first-order chi connectivity index (χ1) is 7.08. The number of nitriles is 1. The molecular formula is C11H12F2N2. The topological polar surface area (TPSA) is 35.8 Å². The van der Waals surface area contributed by atoms with Gasteiger partial charge in [-0.1, -0.05) is 6.92 Å². The largest absolute Gasteiger partial charge is 0.367 e. The molecule has 1 rings (SSSR count). The molecule has 0 fully saturated rings. The summed E-state index contributed by atoms with van der Waals surface area (Å²) in [6.07, 6.45) is 0.533. The second-order valence-corrected chi connectivity index (χ2v) is 3.32. The number of anilines is 1. The van der Waals surface area contributed by atoms with E-state index in [1.54, 1.807) is 6.92 Å². The fourth-order valence-corrected chi connectivity index (χ4v) is 1.17.